The van der Waals surface area contributed by atoms with Gasteiger partial charge in [0.15, 0.2) is 0 Å². The Morgan fingerprint density at radius 3 is 2.55 bits per heavy atom. The van der Waals surface area contributed by atoms with Gasteiger partial charge < -0.3 is 9.64 Å². The first-order valence-electron chi connectivity index (χ1n) is 10.5. The molecular formula is C21H35N3O4S. The van der Waals surface area contributed by atoms with Crippen LogP contribution in [0.4, 0.5) is 5.69 Å². The number of hydrogen-bond donors (Lipinski definition) is 1. The van der Waals surface area contributed by atoms with Gasteiger partial charge >= 0.3 is 5.97 Å². The van der Waals surface area contributed by atoms with Crippen molar-refractivity contribution in [3.8, 4) is 0 Å². The van der Waals surface area contributed by atoms with Crippen LogP contribution >= 0.6 is 0 Å². The Morgan fingerprint density at radius 1 is 1.10 bits per heavy atom. The zero-order chi connectivity index (χ0) is 21.1. The summed E-state index contributed by atoms with van der Waals surface area (Å²) in [5.74, 6) is -0.130. The summed E-state index contributed by atoms with van der Waals surface area (Å²) in [6.07, 6.45) is 3.10. The van der Waals surface area contributed by atoms with Crippen molar-refractivity contribution in [2.45, 2.75) is 39.0 Å². The van der Waals surface area contributed by atoms with Crippen LogP contribution in [0, 0.1) is 6.92 Å². The SMILES string of the molecule is COC(=O)CCCCCS(=O)(=O)NCCCN1CCN(c2cccc(C)c2)CC1. The van der Waals surface area contributed by atoms with Crippen molar-refractivity contribution in [2.24, 2.45) is 0 Å². The van der Waals surface area contributed by atoms with E-state index in [1.807, 2.05) is 0 Å². The fourth-order valence-corrected chi connectivity index (χ4v) is 4.68. The summed E-state index contributed by atoms with van der Waals surface area (Å²) in [7, 11) is -1.87. The van der Waals surface area contributed by atoms with Crippen molar-refractivity contribution in [2.75, 3.05) is 57.0 Å². The largest absolute Gasteiger partial charge is 0.469 e. The molecule has 0 bridgehead atoms. The molecule has 0 spiro atoms. The number of piperazine rings is 1. The lowest BCUT2D eigenvalue weighted by Gasteiger charge is -2.36. The van der Waals surface area contributed by atoms with E-state index in [1.54, 1.807) is 0 Å². The first kappa shape index (κ1) is 23.6. The molecule has 0 unspecified atom stereocenters. The molecule has 1 saturated heterocycles. The molecule has 0 aromatic heterocycles. The molecule has 1 fully saturated rings. The van der Waals surface area contributed by atoms with E-state index in [9.17, 15) is 13.2 Å². The van der Waals surface area contributed by atoms with Gasteiger partial charge in [-0.05, 0) is 50.4 Å². The number of nitrogens with zero attached hydrogens (tertiary/aromatic N) is 2. The average Bonchev–Trinajstić information content (AvgIpc) is 2.71. The number of ether oxygens (including phenoxy) is 1. The molecule has 0 radical (unpaired) electrons. The van der Waals surface area contributed by atoms with Crippen LogP contribution in [0.25, 0.3) is 0 Å². The monoisotopic (exact) mass is 425 g/mol. The van der Waals surface area contributed by atoms with Crippen LogP contribution in [0.2, 0.25) is 0 Å². The summed E-state index contributed by atoms with van der Waals surface area (Å²) in [6.45, 7) is 7.50. The number of sulfonamides is 1. The van der Waals surface area contributed by atoms with Crippen molar-refractivity contribution in [1.29, 1.82) is 0 Å². The molecule has 1 aliphatic rings. The van der Waals surface area contributed by atoms with E-state index in [4.69, 9.17) is 0 Å². The Bertz CT molecular complexity index is 731. The van der Waals surface area contributed by atoms with Gasteiger partial charge in [0, 0.05) is 44.8 Å². The lowest BCUT2D eigenvalue weighted by molar-refractivity contribution is -0.140. The highest BCUT2D eigenvalue weighted by atomic mass is 32.2. The standard InChI is InChI=1S/C21H35N3O4S/c1-19-8-6-9-20(18-19)24-15-13-23(14-16-24)12-7-11-22-29(26,27)17-5-3-4-10-21(25)28-2/h6,8-9,18,22H,3-5,7,10-17H2,1-2H3. The summed E-state index contributed by atoms with van der Waals surface area (Å²) in [6, 6.07) is 8.60. The van der Waals surface area contributed by atoms with Crippen LogP contribution in [0.3, 0.4) is 0 Å². The maximum Gasteiger partial charge on any atom is 0.305 e. The van der Waals surface area contributed by atoms with Crippen LogP contribution in [-0.2, 0) is 19.6 Å². The Kier molecular flexibility index (Phi) is 9.90. The molecule has 7 nitrogen and oxygen atoms in total. The van der Waals surface area contributed by atoms with E-state index in [-0.39, 0.29) is 11.7 Å². The molecule has 8 heteroatoms. The predicted molar refractivity (Wildman–Crippen MR) is 117 cm³/mol. The summed E-state index contributed by atoms with van der Waals surface area (Å²) in [5.41, 5.74) is 2.56. The Balaban J connectivity index is 1.55. The highest BCUT2D eigenvalue weighted by Crippen LogP contribution is 2.17. The lowest BCUT2D eigenvalue weighted by atomic mass is 10.2. The zero-order valence-electron chi connectivity index (χ0n) is 17.7. The van der Waals surface area contributed by atoms with Crippen molar-refractivity contribution in [1.82, 2.24) is 9.62 Å². The maximum atomic E-state index is 12.0. The Morgan fingerprint density at radius 2 is 1.86 bits per heavy atom. The predicted octanol–water partition coefficient (Wildman–Crippen LogP) is 2.16. The minimum absolute atomic E-state index is 0.114. The third-order valence-corrected chi connectivity index (χ3v) is 6.70. The Hall–Kier alpha value is -1.64. The molecule has 1 aliphatic heterocycles. The number of hydrogen-bond acceptors (Lipinski definition) is 6. The smallest absolute Gasteiger partial charge is 0.305 e. The van der Waals surface area contributed by atoms with E-state index in [1.165, 1.54) is 18.4 Å². The van der Waals surface area contributed by atoms with Gasteiger partial charge in [0.2, 0.25) is 10.0 Å². The summed E-state index contributed by atoms with van der Waals surface area (Å²) in [5, 5.41) is 0. The average molecular weight is 426 g/mol. The van der Waals surface area contributed by atoms with Crippen LogP contribution in [-0.4, -0.2) is 71.4 Å². The summed E-state index contributed by atoms with van der Waals surface area (Å²) >= 11 is 0. The van der Waals surface area contributed by atoms with E-state index in [0.29, 0.717) is 32.2 Å². The molecule has 1 aromatic carbocycles. The molecule has 0 amide bonds. The van der Waals surface area contributed by atoms with E-state index >= 15 is 0 Å². The van der Waals surface area contributed by atoms with Crippen molar-refractivity contribution < 1.29 is 17.9 Å². The number of aryl methyl sites for hydroxylation is 1. The maximum absolute atomic E-state index is 12.0. The van der Waals surface area contributed by atoms with Crippen LogP contribution in [0.15, 0.2) is 24.3 Å². The highest BCUT2D eigenvalue weighted by molar-refractivity contribution is 7.89. The molecule has 1 aromatic rings. The topological polar surface area (TPSA) is 78.9 Å². The third kappa shape index (κ3) is 9.14. The molecule has 29 heavy (non-hydrogen) atoms. The first-order valence-corrected chi connectivity index (χ1v) is 12.1. The van der Waals surface area contributed by atoms with E-state index < -0.39 is 10.0 Å². The molecule has 1 heterocycles. The van der Waals surface area contributed by atoms with Crippen molar-refractivity contribution in [3.05, 3.63) is 29.8 Å². The quantitative estimate of drug-likeness (QED) is 0.408. The van der Waals surface area contributed by atoms with Crippen LogP contribution < -0.4 is 9.62 Å². The minimum Gasteiger partial charge on any atom is -0.469 e. The molecule has 2 rings (SSSR count). The van der Waals surface area contributed by atoms with Crippen LogP contribution in [0.5, 0.6) is 0 Å². The highest BCUT2D eigenvalue weighted by Gasteiger charge is 2.17. The lowest BCUT2D eigenvalue weighted by Crippen LogP contribution is -2.47. The molecular weight excluding hydrogens is 390 g/mol. The number of carbonyl (C=O) groups excluding carboxylic acids is 1. The van der Waals surface area contributed by atoms with E-state index in [0.717, 1.165) is 39.1 Å². The van der Waals surface area contributed by atoms with Gasteiger partial charge in [-0.1, -0.05) is 18.6 Å². The van der Waals surface area contributed by atoms with Gasteiger partial charge in [-0.25, -0.2) is 13.1 Å². The minimum atomic E-state index is -3.23. The van der Waals surface area contributed by atoms with Gasteiger partial charge in [0.25, 0.3) is 0 Å². The second-order valence-corrected chi connectivity index (χ2v) is 9.55. The second-order valence-electron chi connectivity index (χ2n) is 7.62. The molecule has 0 aliphatic carbocycles. The zero-order valence-corrected chi connectivity index (χ0v) is 18.5. The van der Waals surface area contributed by atoms with Crippen molar-refractivity contribution in [3.63, 3.8) is 0 Å². The van der Waals surface area contributed by atoms with Crippen molar-refractivity contribution >= 4 is 21.7 Å². The second kappa shape index (κ2) is 12.1. The van der Waals surface area contributed by atoms with Crippen LogP contribution in [0.1, 0.15) is 37.7 Å². The summed E-state index contributed by atoms with van der Waals surface area (Å²) < 4.78 is 31.3. The fraction of sp³-hybridized carbons (Fsp3) is 0.667. The van der Waals surface area contributed by atoms with Gasteiger partial charge in [-0.15, -0.1) is 0 Å². The molecule has 164 valence electrons. The number of anilines is 1. The van der Waals surface area contributed by atoms with Gasteiger partial charge in [-0.3, -0.25) is 9.69 Å². The first-order chi connectivity index (χ1) is 13.9. The normalized spacial score (nSPS) is 15.4. The van der Waals surface area contributed by atoms with Gasteiger partial charge in [0.1, 0.15) is 0 Å². The summed E-state index contributed by atoms with van der Waals surface area (Å²) in [4.78, 5) is 15.8. The van der Waals surface area contributed by atoms with E-state index in [2.05, 4.69) is 50.4 Å². The third-order valence-electron chi connectivity index (χ3n) is 5.23. The number of nitrogens with one attached hydrogen (secondary N) is 1. The molecule has 0 atom stereocenters. The molecule has 1 N–H and O–H groups in total. The van der Waals surface area contributed by atoms with Gasteiger partial charge in [-0.2, -0.15) is 0 Å². The molecule has 0 saturated carbocycles. The fourth-order valence-electron chi connectivity index (χ4n) is 3.50. The number of unbranched alkanes of at least 4 members (excludes halogenated alkanes) is 2. The van der Waals surface area contributed by atoms with Gasteiger partial charge in [0.05, 0.1) is 12.9 Å². The Labute approximate surface area is 175 Å². The number of rotatable bonds is 12. The number of esters is 1. The number of benzene rings is 1. The number of carbonyl (C=O) groups is 1. The number of methoxy groups -OCH3 is 1.